The minimum Gasteiger partial charge on any atom is -0.468 e. The zero-order chi connectivity index (χ0) is 13.8. The highest BCUT2D eigenvalue weighted by Crippen LogP contribution is 2.48. The molecule has 1 aromatic carbocycles. The number of rotatable bonds is 5. The third-order valence-electron chi connectivity index (χ3n) is 2.15. The Morgan fingerprint density at radius 2 is 1.94 bits per heavy atom. The van der Waals surface area contributed by atoms with Crippen LogP contribution in [0.5, 0.6) is 5.75 Å². The van der Waals surface area contributed by atoms with Crippen molar-refractivity contribution in [3.05, 3.63) is 29.8 Å². The van der Waals surface area contributed by atoms with Crippen LogP contribution in [0, 0.1) is 6.92 Å². The average molecular weight is 292 g/mol. The van der Waals surface area contributed by atoms with Crippen molar-refractivity contribution in [2.45, 2.75) is 19.9 Å². The molecule has 0 bridgehead atoms. The number of hydrogen-bond donors (Lipinski definition) is 1. The summed E-state index contributed by atoms with van der Waals surface area (Å²) < 4.78 is 21.5. The highest BCUT2D eigenvalue weighted by Gasteiger charge is 2.27. The first-order valence-corrected chi connectivity index (χ1v) is 7.78. The van der Waals surface area contributed by atoms with E-state index in [1.165, 1.54) is 14.0 Å². The van der Waals surface area contributed by atoms with Gasteiger partial charge in [0.05, 0.1) is 7.11 Å². The molecule has 0 fully saturated rings. The Labute approximate surface area is 111 Å². The first-order valence-electron chi connectivity index (χ1n) is 5.25. The normalized spacial score (nSPS) is 15.6. The molecule has 0 heterocycles. The van der Waals surface area contributed by atoms with Crippen LogP contribution in [0.15, 0.2) is 24.3 Å². The molecule has 1 unspecified atom stereocenters. The molecular formula is C11H15ClNO4P. The van der Waals surface area contributed by atoms with Gasteiger partial charge in [0, 0.05) is 11.2 Å². The number of benzene rings is 1. The smallest absolute Gasteiger partial charge is 0.409 e. The van der Waals surface area contributed by atoms with Gasteiger partial charge in [0.25, 0.3) is 0 Å². The van der Waals surface area contributed by atoms with Crippen LogP contribution >= 0.6 is 18.1 Å². The topological polar surface area (TPSA) is 64.6 Å². The number of carbonyl (C=O) groups excluding carboxylic acids is 1. The monoisotopic (exact) mass is 291 g/mol. The molecule has 7 heteroatoms. The van der Waals surface area contributed by atoms with Gasteiger partial charge in [-0.25, -0.2) is 9.65 Å². The van der Waals surface area contributed by atoms with E-state index in [9.17, 15) is 9.36 Å². The van der Waals surface area contributed by atoms with Crippen molar-refractivity contribution in [3.8, 4) is 5.75 Å². The van der Waals surface area contributed by atoms with E-state index >= 15 is 0 Å². The van der Waals surface area contributed by atoms with Gasteiger partial charge >= 0.3 is 12.8 Å². The molecule has 100 valence electrons. The third-order valence-corrected chi connectivity index (χ3v) is 3.79. The summed E-state index contributed by atoms with van der Waals surface area (Å²) in [6, 6.07) is 6.08. The SMILES string of the molecule is COC(=O)[C@H](C)NP(=O)(Cl)Oc1ccc(C)cc1. The van der Waals surface area contributed by atoms with Crippen molar-refractivity contribution in [2.24, 2.45) is 0 Å². The van der Waals surface area contributed by atoms with Gasteiger partial charge in [-0.05, 0) is 26.0 Å². The van der Waals surface area contributed by atoms with Crippen molar-refractivity contribution in [2.75, 3.05) is 7.11 Å². The van der Waals surface area contributed by atoms with E-state index in [0.29, 0.717) is 5.75 Å². The van der Waals surface area contributed by atoms with Crippen molar-refractivity contribution in [1.82, 2.24) is 5.09 Å². The summed E-state index contributed by atoms with van der Waals surface area (Å²) in [6.45, 7) is -0.228. The first-order chi connectivity index (χ1) is 8.34. The van der Waals surface area contributed by atoms with Gasteiger partial charge in [-0.3, -0.25) is 4.79 Å². The fraction of sp³-hybridized carbons (Fsp3) is 0.364. The molecule has 0 saturated carbocycles. The van der Waals surface area contributed by atoms with E-state index < -0.39 is 18.9 Å². The molecular weight excluding hydrogens is 277 g/mol. The number of ether oxygens (including phenoxy) is 1. The Balaban J connectivity index is 2.67. The summed E-state index contributed by atoms with van der Waals surface area (Å²) >= 11 is 5.72. The predicted molar refractivity (Wildman–Crippen MR) is 69.9 cm³/mol. The van der Waals surface area contributed by atoms with Crippen LogP contribution in [0.2, 0.25) is 0 Å². The fourth-order valence-electron chi connectivity index (χ4n) is 1.22. The molecule has 0 radical (unpaired) electrons. The van der Waals surface area contributed by atoms with Crippen molar-refractivity contribution < 1.29 is 18.6 Å². The lowest BCUT2D eigenvalue weighted by molar-refractivity contribution is -0.142. The molecule has 0 spiro atoms. The lowest BCUT2D eigenvalue weighted by atomic mass is 10.2. The largest absolute Gasteiger partial charge is 0.468 e. The van der Waals surface area contributed by atoms with Crippen molar-refractivity contribution >= 4 is 24.1 Å². The van der Waals surface area contributed by atoms with Gasteiger partial charge in [0.2, 0.25) is 0 Å². The molecule has 0 aliphatic rings. The van der Waals surface area contributed by atoms with Gasteiger partial charge in [-0.1, -0.05) is 17.7 Å². The summed E-state index contributed by atoms with van der Waals surface area (Å²) in [5.74, 6) is -0.202. The summed E-state index contributed by atoms with van der Waals surface area (Å²) in [5, 5.41) is 2.39. The van der Waals surface area contributed by atoms with E-state index in [1.807, 2.05) is 6.92 Å². The molecule has 1 N–H and O–H groups in total. The summed E-state index contributed by atoms with van der Waals surface area (Å²) in [6.07, 6.45) is 0. The summed E-state index contributed by atoms with van der Waals surface area (Å²) in [7, 11) is 1.24. The Kier molecular flexibility index (Phi) is 5.20. The molecule has 0 saturated heterocycles. The van der Waals surface area contributed by atoms with Crippen molar-refractivity contribution in [3.63, 3.8) is 0 Å². The molecule has 1 aromatic rings. The zero-order valence-electron chi connectivity index (χ0n) is 10.3. The second-order valence-electron chi connectivity index (χ2n) is 3.76. The maximum Gasteiger partial charge on any atom is 0.409 e. The molecule has 0 aromatic heterocycles. The standard InChI is InChI=1S/C11H15ClNO4P/c1-8-4-6-10(7-5-8)17-18(12,15)13-9(2)11(14)16-3/h4-7,9H,1-3H3,(H,13,15)/t9-,18?/m0/s1. The molecule has 2 atom stereocenters. The predicted octanol–water partition coefficient (Wildman–Crippen LogP) is 2.87. The Bertz CT molecular complexity index is 463. The number of hydrogen-bond acceptors (Lipinski definition) is 4. The maximum atomic E-state index is 11.9. The zero-order valence-corrected chi connectivity index (χ0v) is 12.0. The first kappa shape index (κ1) is 15.0. The summed E-state index contributed by atoms with van der Waals surface area (Å²) in [5.41, 5.74) is 1.04. The maximum absolute atomic E-state index is 11.9. The van der Waals surface area contributed by atoms with E-state index in [-0.39, 0.29) is 0 Å². The van der Waals surface area contributed by atoms with E-state index in [4.69, 9.17) is 15.8 Å². The van der Waals surface area contributed by atoms with Gasteiger partial charge in [0.15, 0.2) is 0 Å². The number of nitrogens with one attached hydrogen (secondary N) is 1. The van der Waals surface area contributed by atoms with E-state index in [0.717, 1.165) is 5.56 Å². The lowest BCUT2D eigenvalue weighted by Crippen LogP contribution is -2.32. The Morgan fingerprint density at radius 3 is 2.44 bits per heavy atom. The van der Waals surface area contributed by atoms with Gasteiger partial charge < -0.3 is 9.26 Å². The lowest BCUT2D eigenvalue weighted by Gasteiger charge is -2.17. The number of methoxy groups -OCH3 is 1. The molecule has 0 aliphatic carbocycles. The fourth-order valence-corrected chi connectivity index (χ4v) is 2.91. The quantitative estimate of drug-likeness (QED) is 0.667. The average Bonchev–Trinajstić information content (AvgIpc) is 2.30. The van der Waals surface area contributed by atoms with Gasteiger partial charge in [0.1, 0.15) is 11.8 Å². The van der Waals surface area contributed by atoms with Crippen molar-refractivity contribution in [1.29, 1.82) is 0 Å². The number of halogens is 1. The van der Waals surface area contributed by atoms with Crippen LogP contribution in [0.1, 0.15) is 12.5 Å². The molecule has 5 nitrogen and oxygen atoms in total. The van der Waals surface area contributed by atoms with E-state index in [2.05, 4.69) is 9.82 Å². The van der Waals surface area contributed by atoms with Crippen LogP contribution in [-0.4, -0.2) is 19.1 Å². The Hall–Kier alpha value is -1.03. The Morgan fingerprint density at radius 1 is 1.39 bits per heavy atom. The van der Waals surface area contributed by atoms with Gasteiger partial charge in [-0.2, -0.15) is 0 Å². The molecule has 18 heavy (non-hydrogen) atoms. The molecule has 0 amide bonds. The van der Waals surface area contributed by atoms with Crippen LogP contribution in [0.4, 0.5) is 0 Å². The second kappa shape index (κ2) is 6.23. The minimum atomic E-state index is -3.63. The minimum absolute atomic E-state index is 0.364. The number of carbonyl (C=O) groups is 1. The van der Waals surface area contributed by atoms with Crippen LogP contribution in [0.3, 0.4) is 0 Å². The van der Waals surface area contributed by atoms with Gasteiger partial charge in [-0.15, -0.1) is 0 Å². The highest BCUT2D eigenvalue weighted by molar-refractivity contribution is 7.84. The molecule has 0 aliphatic heterocycles. The molecule has 1 rings (SSSR count). The number of aryl methyl sites for hydroxylation is 1. The highest BCUT2D eigenvalue weighted by atomic mass is 35.7. The second-order valence-corrected chi connectivity index (χ2v) is 6.49. The number of esters is 1. The summed E-state index contributed by atoms with van der Waals surface area (Å²) in [4.78, 5) is 11.2. The van der Waals surface area contributed by atoms with Crippen LogP contribution < -0.4 is 9.61 Å². The third kappa shape index (κ3) is 4.69. The van der Waals surface area contributed by atoms with E-state index in [1.54, 1.807) is 24.3 Å². The van der Waals surface area contributed by atoms with Crippen LogP contribution in [-0.2, 0) is 14.1 Å². The van der Waals surface area contributed by atoms with Crippen LogP contribution in [0.25, 0.3) is 0 Å².